The van der Waals surface area contributed by atoms with Crippen molar-refractivity contribution in [2.24, 2.45) is 15.7 Å². The predicted octanol–water partition coefficient (Wildman–Crippen LogP) is 5.13. The van der Waals surface area contributed by atoms with Crippen molar-refractivity contribution < 1.29 is 0 Å². The van der Waals surface area contributed by atoms with Gasteiger partial charge in [0.2, 0.25) is 0 Å². The molecule has 0 aliphatic carbocycles. The van der Waals surface area contributed by atoms with Gasteiger partial charge in [-0.05, 0) is 43.3 Å². The van der Waals surface area contributed by atoms with Crippen LogP contribution in [0, 0.1) is 6.92 Å². The van der Waals surface area contributed by atoms with E-state index in [1.807, 2.05) is 85.8 Å². The van der Waals surface area contributed by atoms with Gasteiger partial charge in [-0.25, -0.2) is 9.98 Å². The van der Waals surface area contributed by atoms with Crippen molar-refractivity contribution in [1.82, 2.24) is 0 Å². The maximum atomic E-state index is 6.18. The van der Waals surface area contributed by atoms with E-state index in [0.717, 1.165) is 16.8 Å². The Morgan fingerprint density at radius 2 is 1.44 bits per heavy atom. The average molecular weight is 348 g/mol. The second kappa shape index (κ2) is 7.77. The molecule has 0 aliphatic heterocycles. The molecule has 0 spiro atoms. The van der Waals surface area contributed by atoms with Gasteiger partial charge in [-0.3, -0.25) is 0 Å². The number of nitrogens with zero attached hydrogens (tertiary/aromatic N) is 2. The monoisotopic (exact) mass is 347 g/mol. The molecule has 0 fully saturated rings. The van der Waals surface area contributed by atoms with E-state index in [1.54, 1.807) is 0 Å². The molecule has 3 rings (SSSR count). The molecule has 3 aromatic carbocycles. The zero-order valence-electron chi connectivity index (χ0n) is 13.9. The first-order valence-electron chi connectivity index (χ1n) is 7.93. The maximum Gasteiger partial charge on any atom is 0.162 e. The Balaban J connectivity index is 2.05. The first-order chi connectivity index (χ1) is 12.1. The summed E-state index contributed by atoms with van der Waals surface area (Å²) >= 11 is 6.00. The number of halogens is 1. The van der Waals surface area contributed by atoms with E-state index in [-0.39, 0.29) is 0 Å². The molecule has 2 N–H and O–H groups in total. The van der Waals surface area contributed by atoms with Gasteiger partial charge in [-0.2, -0.15) is 0 Å². The summed E-state index contributed by atoms with van der Waals surface area (Å²) in [6.45, 7) is 2.04. The molecule has 0 aromatic heterocycles. The number of hydrogen-bond donors (Lipinski definition) is 1. The number of hydrogen-bond acceptors (Lipinski definition) is 1. The zero-order valence-corrected chi connectivity index (χ0v) is 14.6. The van der Waals surface area contributed by atoms with E-state index in [2.05, 4.69) is 9.98 Å². The standard InChI is InChI=1S/C21H18ClN3/c1-15-7-13-19(14-8-15)24-21(17-9-11-18(22)12-10-17)25-20(23)16-5-3-2-4-6-16/h2-14H,1H3,(H2,23,24,25). The third-order valence-corrected chi connectivity index (χ3v) is 3.92. The van der Waals surface area contributed by atoms with Crippen molar-refractivity contribution in [3.05, 3.63) is 101 Å². The fourth-order valence-corrected chi connectivity index (χ4v) is 2.41. The van der Waals surface area contributed by atoms with E-state index < -0.39 is 0 Å². The molecule has 0 aliphatic rings. The molecule has 0 atom stereocenters. The summed E-state index contributed by atoms with van der Waals surface area (Å²) in [7, 11) is 0. The van der Waals surface area contributed by atoms with Crippen LogP contribution in [0.1, 0.15) is 16.7 Å². The summed E-state index contributed by atoms with van der Waals surface area (Å²) in [5, 5.41) is 0.665. The SMILES string of the molecule is Cc1ccc(N=C(N=C(N)c2ccccc2)c2ccc(Cl)cc2)cc1. The van der Waals surface area contributed by atoms with Crippen molar-refractivity contribution in [2.75, 3.05) is 0 Å². The second-order valence-electron chi connectivity index (χ2n) is 5.64. The summed E-state index contributed by atoms with van der Waals surface area (Å²) in [6.07, 6.45) is 0. The smallest absolute Gasteiger partial charge is 0.162 e. The lowest BCUT2D eigenvalue weighted by Gasteiger charge is -2.06. The Morgan fingerprint density at radius 3 is 2.08 bits per heavy atom. The minimum Gasteiger partial charge on any atom is -0.383 e. The first kappa shape index (κ1) is 16.9. The second-order valence-corrected chi connectivity index (χ2v) is 6.08. The average Bonchev–Trinajstić information content (AvgIpc) is 2.64. The highest BCUT2D eigenvalue weighted by molar-refractivity contribution is 6.30. The van der Waals surface area contributed by atoms with Crippen LogP contribution in [0.5, 0.6) is 0 Å². The van der Waals surface area contributed by atoms with Crippen molar-refractivity contribution in [3.8, 4) is 0 Å². The highest BCUT2D eigenvalue weighted by Gasteiger charge is 2.06. The maximum absolute atomic E-state index is 6.18. The molecule has 25 heavy (non-hydrogen) atoms. The third-order valence-electron chi connectivity index (χ3n) is 3.67. The van der Waals surface area contributed by atoms with Gasteiger partial charge < -0.3 is 5.73 Å². The van der Waals surface area contributed by atoms with E-state index in [9.17, 15) is 0 Å². The van der Waals surface area contributed by atoms with Crippen molar-refractivity contribution in [2.45, 2.75) is 6.92 Å². The van der Waals surface area contributed by atoms with Gasteiger partial charge in [-0.15, -0.1) is 0 Å². The largest absolute Gasteiger partial charge is 0.383 e. The van der Waals surface area contributed by atoms with E-state index in [0.29, 0.717) is 16.7 Å². The first-order valence-corrected chi connectivity index (χ1v) is 8.30. The van der Waals surface area contributed by atoms with Crippen LogP contribution in [0.4, 0.5) is 5.69 Å². The molecular formula is C21H18ClN3. The highest BCUT2D eigenvalue weighted by Crippen LogP contribution is 2.17. The quantitative estimate of drug-likeness (QED) is 0.518. The van der Waals surface area contributed by atoms with E-state index in [4.69, 9.17) is 17.3 Å². The number of nitrogens with two attached hydrogens (primary N) is 1. The van der Waals surface area contributed by atoms with Crippen LogP contribution in [0.25, 0.3) is 0 Å². The third kappa shape index (κ3) is 4.55. The van der Waals surface area contributed by atoms with Gasteiger partial charge in [0.05, 0.1) is 5.69 Å². The molecule has 3 aromatic rings. The summed E-state index contributed by atoms with van der Waals surface area (Å²) in [5.41, 5.74) is 9.89. The zero-order chi connectivity index (χ0) is 17.6. The number of benzene rings is 3. The Labute approximate surface area is 152 Å². The van der Waals surface area contributed by atoms with E-state index >= 15 is 0 Å². The van der Waals surface area contributed by atoms with Crippen LogP contribution in [-0.4, -0.2) is 11.7 Å². The summed E-state index contributed by atoms with van der Waals surface area (Å²) in [5.74, 6) is 0.961. The molecule has 0 saturated heterocycles. The summed E-state index contributed by atoms with van der Waals surface area (Å²) in [6, 6.07) is 25.0. The van der Waals surface area contributed by atoms with Crippen molar-refractivity contribution in [1.29, 1.82) is 0 Å². The summed E-state index contributed by atoms with van der Waals surface area (Å²) in [4.78, 5) is 9.24. The fourth-order valence-electron chi connectivity index (χ4n) is 2.28. The van der Waals surface area contributed by atoms with Crippen LogP contribution >= 0.6 is 11.6 Å². The number of amidine groups is 2. The van der Waals surface area contributed by atoms with Crippen LogP contribution in [0.3, 0.4) is 0 Å². The van der Waals surface area contributed by atoms with Gasteiger partial charge in [0.25, 0.3) is 0 Å². The predicted molar refractivity (Wildman–Crippen MR) is 106 cm³/mol. The Bertz CT molecular complexity index is 896. The number of aliphatic imine (C=N–C) groups is 2. The number of aryl methyl sites for hydroxylation is 1. The Hall–Kier alpha value is -2.91. The fraction of sp³-hybridized carbons (Fsp3) is 0.0476. The summed E-state index contributed by atoms with van der Waals surface area (Å²) < 4.78 is 0. The van der Waals surface area contributed by atoms with E-state index in [1.165, 1.54) is 5.56 Å². The van der Waals surface area contributed by atoms with Crippen LogP contribution in [0.2, 0.25) is 5.02 Å². The minimum atomic E-state index is 0.418. The van der Waals surface area contributed by atoms with Crippen molar-refractivity contribution >= 4 is 29.0 Å². The molecule has 0 amide bonds. The molecule has 3 nitrogen and oxygen atoms in total. The molecule has 0 radical (unpaired) electrons. The lowest BCUT2D eigenvalue weighted by Crippen LogP contribution is -2.16. The molecule has 124 valence electrons. The van der Waals surface area contributed by atoms with Gasteiger partial charge in [0, 0.05) is 16.1 Å². The lowest BCUT2D eigenvalue weighted by atomic mass is 10.2. The van der Waals surface area contributed by atoms with Gasteiger partial charge >= 0.3 is 0 Å². The molecule has 0 heterocycles. The number of rotatable bonds is 3. The Morgan fingerprint density at radius 1 is 0.800 bits per heavy atom. The van der Waals surface area contributed by atoms with Crippen LogP contribution in [-0.2, 0) is 0 Å². The van der Waals surface area contributed by atoms with Crippen LogP contribution < -0.4 is 5.73 Å². The highest BCUT2D eigenvalue weighted by atomic mass is 35.5. The topological polar surface area (TPSA) is 50.7 Å². The molecule has 0 saturated carbocycles. The molecular weight excluding hydrogens is 330 g/mol. The Kier molecular flexibility index (Phi) is 5.26. The van der Waals surface area contributed by atoms with Gasteiger partial charge in [0.1, 0.15) is 5.84 Å². The van der Waals surface area contributed by atoms with Crippen molar-refractivity contribution in [3.63, 3.8) is 0 Å². The molecule has 0 bridgehead atoms. The molecule has 4 heteroatoms. The minimum absolute atomic E-state index is 0.418. The van der Waals surface area contributed by atoms with Gasteiger partial charge in [0.15, 0.2) is 5.84 Å². The lowest BCUT2D eigenvalue weighted by molar-refractivity contribution is 1.40. The van der Waals surface area contributed by atoms with Gasteiger partial charge in [-0.1, -0.05) is 59.6 Å². The molecule has 0 unspecified atom stereocenters. The normalized spacial score (nSPS) is 12.2. The van der Waals surface area contributed by atoms with Crippen LogP contribution in [0.15, 0.2) is 88.8 Å².